The number of aryl methyl sites for hydroxylation is 1. The lowest BCUT2D eigenvalue weighted by atomic mass is 10.2. The number of rotatable bonds is 6. The zero-order valence-electron chi connectivity index (χ0n) is 15.3. The third-order valence-electron chi connectivity index (χ3n) is 4.76. The van der Waals surface area contributed by atoms with Crippen LogP contribution in [0.4, 0.5) is 4.79 Å². The van der Waals surface area contributed by atoms with Gasteiger partial charge in [0.1, 0.15) is 11.3 Å². The molecular weight excluding hydrogens is 338 g/mol. The third-order valence-corrected chi connectivity index (χ3v) is 4.76. The number of amides is 2. The number of hydrogen-bond donors (Lipinski definition) is 2. The fourth-order valence-electron chi connectivity index (χ4n) is 3.32. The number of aromatic nitrogens is 1. The molecule has 27 heavy (non-hydrogen) atoms. The number of furan rings is 1. The highest BCUT2D eigenvalue weighted by Gasteiger charge is 2.13. The predicted octanol–water partition coefficient (Wildman–Crippen LogP) is 4.84. The van der Waals surface area contributed by atoms with Gasteiger partial charge in [-0.05, 0) is 43.0 Å². The number of nitrogens with zero attached hydrogens (tertiary/aromatic N) is 1. The summed E-state index contributed by atoms with van der Waals surface area (Å²) in [6.45, 7) is 3.40. The summed E-state index contributed by atoms with van der Waals surface area (Å²) in [5, 5.41) is 8.13. The van der Waals surface area contributed by atoms with Crippen LogP contribution in [0.1, 0.15) is 25.1 Å². The first-order valence-corrected chi connectivity index (χ1v) is 9.27. The van der Waals surface area contributed by atoms with Gasteiger partial charge in [0.2, 0.25) is 0 Å². The molecule has 0 radical (unpaired) electrons. The predicted molar refractivity (Wildman–Crippen MR) is 108 cm³/mol. The van der Waals surface area contributed by atoms with E-state index in [2.05, 4.69) is 39.6 Å². The smallest absolute Gasteiger partial charge is 0.315 e. The average Bonchev–Trinajstić information content (AvgIpc) is 3.29. The summed E-state index contributed by atoms with van der Waals surface area (Å²) < 4.78 is 8.01. The van der Waals surface area contributed by atoms with Gasteiger partial charge in [-0.3, -0.25) is 0 Å². The summed E-state index contributed by atoms with van der Waals surface area (Å²) in [5.41, 5.74) is 2.06. The number of benzene rings is 2. The number of para-hydroxylation sites is 2. The lowest BCUT2D eigenvalue weighted by molar-refractivity contribution is 0.236. The lowest BCUT2D eigenvalue weighted by Crippen LogP contribution is -2.37. The molecule has 4 aromatic rings. The van der Waals surface area contributed by atoms with E-state index in [1.165, 1.54) is 10.9 Å². The molecule has 2 heterocycles. The van der Waals surface area contributed by atoms with Crippen molar-refractivity contribution in [3.05, 3.63) is 72.6 Å². The van der Waals surface area contributed by atoms with E-state index < -0.39 is 0 Å². The molecule has 0 aliphatic carbocycles. The number of nitrogens with one attached hydrogen (secondary N) is 2. The van der Waals surface area contributed by atoms with Crippen molar-refractivity contribution in [3.8, 4) is 0 Å². The topological polar surface area (TPSA) is 59.2 Å². The van der Waals surface area contributed by atoms with Crippen LogP contribution in [0.2, 0.25) is 0 Å². The van der Waals surface area contributed by atoms with Gasteiger partial charge < -0.3 is 19.6 Å². The number of fused-ring (bicyclic) bond motifs is 2. The van der Waals surface area contributed by atoms with E-state index in [1.807, 2.05) is 49.4 Å². The van der Waals surface area contributed by atoms with E-state index in [0.29, 0.717) is 6.54 Å². The average molecular weight is 361 g/mol. The van der Waals surface area contributed by atoms with Crippen LogP contribution in [0.3, 0.4) is 0 Å². The van der Waals surface area contributed by atoms with Crippen molar-refractivity contribution < 1.29 is 9.21 Å². The van der Waals surface area contributed by atoms with Crippen LogP contribution in [0.15, 0.2) is 71.3 Å². The number of urea groups is 1. The van der Waals surface area contributed by atoms with Gasteiger partial charge in [0, 0.05) is 30.2 Å². The number of hydrogen-bond acceptors (Lipinski definition) is 2. The van der Waals surface area contributed by atoms with E-state index >= 15 is 0 Å². The highest BCUT2D eigenvalue weighted by atomic mass is 16.3. The van der Waals surface area contributed by atoms with Gasteiger partial charge in [-0.2, -0.15) is 0 Å². The van der Waals surface area contributed by atoms with Gasteiger partial charge in [0.15, 0.2) is 0 Å². The molecule has 1 atom stereocenters. The van der Waals surface area contributed by atoms with Crippen LogP contribution in [-0.2, 0) is 6.54 Å². The standard InChI is InChI=1S/C22H23N3O2/c1-16(21-15-18-8-3-5-10-20(18)27-21)24-22(26)23-12-6-13-25-14-11-17-7-2-4-9-19(17)25/h2-5,7-11,14-16H,6,12-13H2,1H3,(H2,23,24,26). The minimum absolute atomic E-state index is 0.180. The highest BCUT2D eigenvalue weighted by Crippen LogP contribution is 2.23. The Balaban J connectivity index is 1.25. The third kappa shape index (κ3) is 3.82. The van der Waals surface area contributed by atoms with Gasteiger partial charge >= 0.3 is 6.03 Å². The Kier molecular flexibility index (Phi) is 4.83. The summed E-state index contributed by atoms with van der Waals surface area (Å²) in [4.78, 5) is 12.1. The second-order valence-corrected chi connectivity index (χ2v) is 6.73. The van der Waals surface area contributed by atoms with Crippen LogP contribution in [-0.4, -0.2) is 17.1 Å². The summed E-state index contributed by atoms with van der Waals surface area (Å²) in [7, 11) is 0. The molecule has 0 saturated heterocycles. The monoisotopic (exact) mass is 361 g/mol. The van der Waals surface area contributed by atoms with Gasteiger partial charge in [-0.1, -0.05) is 36.4 Å². The first-order chi connectivity index (χ1) is 13.2. The lowest BCUT2D eigenvalue weighted by Gasteiger charge is -2.13. The normalized spacial score (nSPS) is 12.3. The van der Waals surface area contributed by atoms with Crippen molar-refractivity contribution in [1.29, 1.82) is 0 Å². The van der Waals surface area contributed by atoms with Crippen LogP contribution in [0.5, 0.6) is 0 Å². The quantitative estimate of drug-likeness (QED) is 0.483. The molecule has 0 saturated carbocycles. The first-order valence-electron chi connectivity index (χ1n) is 9.27. The zero-order chi connectivity index (χ0) is 18.6. The molecule has 0 spiro atoms. The van der Waals surface area contributed by atoms with Crippen LogP contribution >= 0.6 is 0 Å². The Morgan fingerprint density at radius 3 is 2.70 bits per heavy atom. The Morgan fingerprint density at radius 1 is 1.07 bits per heavy atom. The van der Waals surface area contributed by atoms with E-state index in [9.17, 15) is 4.79 Å². The summed E-state index contributed by atoms with van der Waals surface area (Å²) >= 11 is 0. The maximum Gasteiger partial charge on any atom is 0.315 e. The van der Waals surface area contributed by atoms with Gasteiger partial charge in [-0.25, -0.2) is 4.79 Å². The van der Waals surface area contributed by atoms with E-state index in [0.717, 1.165) is 29.7 Å². The van der Waals surface area contributed by atoms with E-state index in [4.69, 9.17) is 4.42 Å². The Labute approximate surface area is 158 Å². The van der Waals surface area contributed by atoms with Crippen molar-refractivity contribution in [3.63, 3.8) is 0 Å². The summed E-state index contributed by atoms with van der Waals surface area (Å²) in [6, 6.07) is 19.9. The van der Waals surface area contributed by atoms with Crippen molar-refractivity contribution in [1.82, 2.24) is 15.2 Å². The minimum atomic E-state index is -0.189. The Hall–Kier alpha value is -3.21. The van der Waals surface area contributed by atoms with Crippen molar-refractivity contribution >= 4 is 27.9 Å². The molecule has 0 aliphatic rings. The van der Waals surface area contributed by atoms with E-state index in [-0.39, 0.29) is 12.1 Å². The molecule has 5 nitrogen and oxygen atoms in total. The summed E-state index contributed by atoms with van der Waals surface area (Å²) in [5.74, 6) is 0.755. The van der Waals surface area contributed by atoms with Crippen molar-refractivity contribution in [2.45, 2.75) is 25.9 Å². The largest absolute Gasteiger partial charge is 0.459 e. The second-order valence-electron chi connectivity index (χ2n) is 6.73. The fourth-order valence-corrected chi connectivity index (χ4v) is 3.32. The molecular formula is C22H23N3O2. The zero-order valence-corrected chi connectivity index (χ0v) is 15.3. The fraction of sp³-hybridized carbons (Fsp3) is 0.227. The van der Waals surface area contributed by atoms with Gasteiger partial charge in [0.25, 0.3) is 0 Å². The number of carbonyl (C=O) groups excluding carboxylic acids is 1. The van der Waals surface area contributed by atoms with Crippen LogP contribution in [0, 0.1) is 0 Å². The molecule has 4 rings (SSSR count). The van der Waals surface area contributed by atoms with E-state index in [1.54, 1.807) is 0 Å². The molecule has 1 unspecified atom stereocenters. The second kappa shape index (κ2) is 7.58. The van der Waals surface area contributed by atoms with Crippen LogP contribution in [0.25, 0.3) is 21.9 Å². The molecule has 2 aromatic carbocycles. The first kappa shape index (κ1) is 17.2. The molecule has 5 heteroatoms. The molecule has 138 valence electrons. The van der Waals surface area contributed by atoms with Crippen molar-refractivity contribution in [2.24, 2.45) is 0 Å². The molecule has 0 aliphatic heterocycles. The molecule has 2 amide bonds. The highest BCUT2D eigenvalue weighted by molar-refractivity contribution is 5.80. The van der Waals surface area contributed by atoms with Gasteiger partial charge in [-0.15, -0.1) is 0 Å². The molecule has 2 N–H and O–H groups in total. The summed E-state index contributed by atoms with van der Waals surface area (Å²) in [6.07, 6.45) is 2.96. The molecule has 0 bridgehead atoms. The minimum Gasteiger partial charge on any atom is -0.459 e. The molecule has 0 fully saturated rings. The Bertz CT molecular complexity index is 1030. The van der Waals surface area contributed by atoms with Gasteiger partial charge in [0.05, 0.1) is 6.04 Å². The molecule has 2 aromatic heterocycles. The maximum atomic E-state index is 12.1. The Morgan fingerprint density at radius 2 is 1.85 bits per heavy atom. The van der Waals surface area contributed by atoms with Crippen molar-refractivity contribution in [2.75, 3.05) is 6.54 Å². The number of carbonyl (C=O) groups is 1. The van der Waals surface area contributed by atoms with Crippen LogP contribution < -0.4 is 10.6 Å². The maximum absolute atomic E-state index is 12.1. The SMILES string of the molecule is CC(NC(=O)NCCCn1ccc2ccccc21)c1cc2ccccc2o1.